The Labute approximate surface area is 228 Å². The lowest BCUT2D eigenvalue weighted by Gasteiger charge is -2.15. The quantitative estimate of drug-likeness (QED) is 0.0573. The first-order chi connectivity index (χ1) is 18.2. The first-order valence-electron chi connectivity index (χ1n) is 14.5. The monoisotopic (exact) mass is 530 g/mol. The largest absolute Gasteiger partial charge is 0.498 e. The van der Waals surface area contributed by atoms with E-state index in [1.807, 2.05) is 0 Å². The Balaban J connectivity index is 4.17. The summed E-state index contributed by atoms with van der Waals surface area (Å²) in [4.78, 5) is 0. The van der Waals surface area contributed by atoms with Crippen LogP contribution in [0.5, 0.6) is 0 Å². The molecule has 0 amide bonds. The SMILES string of the molecule is CCCCCCCCCC(OC)=C(COCOCOCC(OC)=C(CCCCCCCCC)OC)OC. The molecule has 0 aromatic rings. The van der Waals surface area contributed by atoms with Crippen molar-refractivity contribution in [1.29, 1.82) is 0 Å². The van der Waals surface area contributed by atoms with E-state index < -0.39 is 0 Å². The van der Waals surface area contributed by atoms with E-state index in [1.54, 1.807) is 28.4 Å². The normalized spacial score (nSPS) is 12.7. The van der Waals surface area contributed by atoms with Crippen molar-refractivity contribution in [3.05, 3.63) is 23.0 Å². The van der Waals surface area contributed by atoms with Gasteiger partial charge in [0, 0.05) is 12.8 Å². The third-order valence-electron chi connectivity index (χ3n) is 6.42. The van der Waals surface area contributed by atoms with Crippen molar-refractivity contribution in [1.82, 2.24) is 0 Å². The molecule has 0 aromatic carbocycles. The fourth-order valence-corrected chi connectivity index (χ4v) is 4.12. The van der Waals surface area contributed by atoms with Crippen LogP contribution >= 0.6 is 0 Å². The lowest BCUT2D eigenvalue weighted by molar-refractivity contribution is -0.130. The molecule has 0 heterocycles. The summed E-state index contributed by atoms with van der Waals surface area (Å²) in [5.41, 5.74) is 0. The Hall–Kier alpha value is -1.44. The summed E-state index contributed by atoms with van der Waals surface area (Å²) in [6.45, 7) is 5.28. The van der Waals surface area contributed by atoms with Crippen molar-refractivity contribution in [3.8, 4) is 0 Å². The van der Waals surface area contributed by atoms with Crippen LogP contribution in [0.3, 0.4) is 0 Å². The molecule has 0 radical (unpaired) electrons. The molecule has 7 heteroatoms. The van der Waals surface area contributed by atoms with Crippen molar-refractivity contribution >= 4 is 0 Å². The molecule has 220 valence electrons. The molecule has 0 rings (SSSR count). The molecule has 0 spiro atoms. The molecule has 37 heavy (non-hydrogen) atoms. The number of rotatable bonds is 28. The number of ether oxygens (including phenoxy) is 7. The van der Waals surface area contributed by atoms with Gasteiger partial charge in [-0.2, -0.15) is 0 Å². The highest BCUT2D eigenvalue weighted by atomic mass is 16.7. The van der Waals surface area contributed by atoms with Gasteiger partial charge in [-0.05, 0) is 12.8 Å². The maximum atomic E-state index is 5.61. The second kappa shape index (κ2) is 27.6. The van der Waals surface area contributed by atoms with Gasteiger partial charge in [0.2, 0.25) is 0 Å². The summed E-state index contributed by atoms with van der Waals surface area (Å²) >= 11 is 0. The molecular weight excluding hydrogens is 472 g/mol. The summed E-state index contributed by atoms with van der Waals surface area (Å²) in [6, 6.07) is 0. The van der Waals surface area contributed by atoms with Gasteiger partial charge in [-0.3, -0.25) is 0 Å². The summed E-state index contributed by atoms with van der Waals surface area (Å²) in [5.74, 6) is 3.10. The van der Waals surface area contributed by atoms with Crippen molar-refractivity contribution in [3.63, 3.8) is 0 Å². The van der Waals surface area contributed by atoms with Gasteiger partial charge < -0.3 is 33.2 Å². The lowest BCUT2D eigenvalue weighted by Crippen LogP contribution is -2.12. The Morgan fingerprint density at radius 2 is 0.703 bits per heavy atom. The average molecular weight is 531 g/mol. The van der Waals surface area contributed by atoms with Crippen molar-refractivity contribution in [2.24, 2.45) is 0 Å². The fraction of sp³-hybridized carbons (Fsp3) is 0.867. The van der Waals surface area contributed by atoms with E-state index in [-0.39, 0.29) is 13.6 Å². The van der Waals surface area contributed by atoms with Crippen LogP contribution in [0, 0.1) is 0 Å². The second-order valence-corrected chi connectivity index (χ2v) is 9.39. The number of hydrogen-bond acceptors (Lipinski definition) is 7. The maximum Gasteiger partial charge on any atom is 0.159 e. The summed E-state index contributed by atoms with van der Waals surface area (Å²) in [6.07, 6.45) is 19.4. The zero-order valence-corrected chi connectivity index (χ0v) is 25.0. The van der Waals surface area contributed by atoms with Crippen molar-refractivity contribution in [2.75, 3.05) is 55.2 Å². The Morgan fingerprint density at radius 3 is 1.03 bits per heavy atom. The van der Waals surface area contributed by atoms with E-state index in [0.29, 0.717) is 24.7 Å². The molecular formula is C30H58O7. The summed E-state index contributed by atoms with van der Waals surface area (Å²) in [5, 5.41) is 0. The maximum absolute atomic E-state index is 5.61. The van der Waals surface area contributed by atoms with Crippen LogP contribution in [-0.2, 0) is 33.2 Å². The van der Waals surface area contributed by atoms with Crippen LogP contribution < -0.4 is 0 Å². The van der Waals surface area contributed by atoms with E-state index in [0.717, 1.165) is 37.2 Å². The van der Waals surface area contributed by atoms with Crippen LogP contribution in [0.4, 0.5) is 0 Å². The second-order valence-electron chi connectivity index (χ2n) is 9.39. The molecule has 0 N–H and O–H groups in total. The first kappa shape index (κ1) is 35.6. The van der Waals surface area contributed by atoms with Gasteiger partial charge in [0.25, 0.3) is 0 Å². The molecule has 0 fully saturated rings. The Kier molecular flexibility index (Phi) is 26.5. The average Bonchev–Trinajstić information content (AvgIpc) is 2.92. The summed E-state index contributed by atoms with van der Waals surface area (Å²) < 4.78 is 38.8. The van der Waals surface area contributed by atoms with Crippen LogP contribution in [0.1, 0.15) is 117 Å². The number of allylic oxidation sites excluding steroid dienone is 2. The Morgan fingerprint density at radius 1 is 0.378 bits per heavy atom. The van der Waals surface area contributed by atoms with Crippen LogP contribution in [0.25, 0.3) is 0 Å². The topological polar surface area (TPSA) is 64.6 Å². The van der Waals surface area contributed by atoms with Gasteiger partial charge in [-0.15, -0.1) is 0 Å². The van der Waals surface area contributed by atoms with Gasteiger partial charge in [0.05, 0.1) is 28.4 Å². The molecule has 0 aliphatic heterocycles. The number of hydrogen-bond donors (Lipinski definition) is 0. The highest BCUT2D eigenvalue weighted by molar-refractivity contribution is 5.02. The molecule has 7 nitrogen and oxygen atoms in total. The van der Waals surface area contributed by atoms with Gasteiger partial charge in [0.1, 0.15) is 38.3 Å². The smallest absolute Gasteiger partial charge is 0.159 e. The molecule has 0 aliphatic rings. The van der Waals surface area contributed by atoms with E-state index in [4.69, 9.17) is 33.2 Å². The first-order valence-corrected chi connectivity index (χ1v) is 14.5. The standard InChI is InChI=1S/C30H58O7/c1-7-9-11-13-15-17-19-21-27(31-3)29(33-5)23-35-25-37-26-36-24-30(34-6)28(32-4)22-20-18-16-14-12-10-8-2/h7-26H2,1-6H3. The Bertz CT molecular complexity index is 512. The molecule has 0 aromatic heterocycles. The van der Waals surface area contributed by atoms with Crippen molar-refractivity contribution in [2.45, 2.75) is 117 Å². The van der Waals surface area contributed by atoms with Crippen molar-refractivity contribution < 1.29 is 33.2 Å². The molecule has 0 bridgehead atoms. The fourth-order valence-electron chi connectivity index (χ4n) is 4.12. The van der Waals surface area contributed by atoms with Gasteiger partial charge >= 0.3 is 0 Å². The highest BCUT2D eigenvalue weighted by Crippen LogP contribution is 2.18. The van der Waals surface area contributed by atoms with E-state index in [2.05, 4.69) is 13.8 Å². The van der Waals surface area contributed by atoms with E-state index in [1.165, 1.54) is 77.0 Å². The van der Waals surface area contributed by atoms with E-state index >= 15 is 0 Å². The molecule has 0 saturated heterocycles. The lowest BCUT2D eigenvalue weighted by atomic mass is 10.1. The van der Waals surface area contributed by atoms with Gasteiger partial charge in [-0.1, -0.05) is 90.9 Å². The van der Waals surface area contributed by atoms with Crippen LogP contribution in [0.15, 0.2) is 23.0 Å². The molecule has 0 aliphatic carbocycles. The molecule has 0 unspecified atom stereocenters. The minimum atomic E-state index is 0.0997. The van der Waals surface area contributed by atoms with Gasteiger partial charge in [-0.25, -0.2) is 0 Å². The predicted molar refractivity (Wildman–Crippen MR) is 150 cm³/mol. The van der Waals surface area contributed by atoms with Crippen LogP contribution in [-0.4, -0.2) is 55.2 Å². The summed E-state index contributed by atoms with van der Waals surface area (Å²) in [7, 11) is 6.65. The zero-order chi connectivity index (χ0) is 27.4. The predicted octanol–water partition coefficient (Wildman–Crippen LogP) is 8.24. The third-order valence-corrected chi connectivity index (χ3v) is 6.42. The zero-order valence-electron chi connectivity index (χ0n) is 25.0. The highest BCUT2D eigenvalue weighted by Gasteiger charge is 2.10. The minimum absolute atomic E-state index is 0.0997. The van der Waals surface area contributed by atoms with E-state index in [9.17, 15) is 0 Å². The van der Waals surface area contributed by atoms with Gasteiger partial charge in [0.15, 0.2) is 11.5 Å². The number of methoxy groups -OCH3 is 4. The molecule has 0 atom stereocenters. The number of unbranched alkanes of at least 4 members (excludes halogenated alkanes) is 12. The minimum Gasteiger partial charge on any atom is -0.498 e. The molecule has 0 saturated carbocycles. The third kappa shape index (κ3) is 20.2. The van der Waals surface area contributed by atoms with Crippen LogP contribution in [0.2, 0.25) is 0 Å².